The van der Waals surface area contributed by atoms with Crippen molar-refractivity contribution in [2.24, 2.45) is 0 Å². The van der Waals surface area contributed by atoms with Crippen molar-refractivity contribution in [1.82, 2.24) is 5.32 Å². The third-order valence-electron chi connectivity index (χ3n) is 3.60. The number of carbonyl (C=O) groups is 2. The van der Waals surface area contributed by atoms with Crippen LogP contribution in [0.4, 0.5) is 26.3 Å². The average Bonchev–Trinajstić information content (AvgIpc) is 3.07. The van der Waals surface area contributed by atoms with Gasteiger partial charge in [-0.1, -0.05) is 30.3 Å². The molecule has 2 rings (SSSR count). The van der Waals surface area contributed by atoms with E-state index in [9.17, 15) is 35.9 Å². The number of halogens is 6. The van der Waals surface area contributed by atoms with Crippen molar-refractivity contribution >= 4 is 23.1 Å². The van der Waals surface area contributed by atoms with Gasteiger partial charge < -0.3 is 4.74 Å². The summed E-state index contributed by atoms with van der Waals surface area (Å²) in [6.45, 7) is 0.938. The van der Waals surface area contributed by atoms with Gasteiger partial charge in [-0.05, 0) is 19.1 Å². The van der Waals surface area contributed by atoms with E-state index in [-0.39, 0.29) is 17.0 Å². The van der Waals surface area contributed by atoms with Crippen molar-refractivity contribution in [3.05, 3.63) is 57.8 Å². The number of ether oxygens (including phenoxy) is 1. The van der Waals surface area contributed by atoms with Crippen LogP contribution in [0.15, 0.2) is 42.5 Å². The number of ketones is 1. The molecule has 0 fully saturated rings. The van der Waals surface area contributed by atoms with Gasteiger partial charge in [0.15, 0.2) is 5.72 Å². The van der Waals surface area contributed by atoms with E-state index < -0.39 is 34.7 Å². The second-order valence-corrected chi connectivity index (χ2v) is 6.90. The molecule has 1 atom stereocenters. The molecule has 0 aliphatic carbocycles. The van der Waals surface area contributed by atoms with E-state index in [0.29, 0.717) is 11.3 Å². The van der Waals surface area contributed by atoms with Crippen molar-refractivity contribution in [1.29, 1.82) is 0 Å². The summed E-state index contributed by atoms with van der Waals surface area (Å²) in [5.41, 5.74) is -1.72. The third kappa shape index (κ3) is 5.32. The maximum absolute atomic E-state index is 12.6. The van der Waals surface area contributed by atoms with Crippen LogP contribution in [-0.4, -0.2) is 24.1 Å². The van der Waals surface area contributed by atoms with E-state index in [1.807, 2.05) is 0 Å². The van der Waals surface area contributed by atoms with Crippen LogP contribution in [0, 0.1) is 0 Å². The van der Waals surface area contributed by atoms with Gasteiger partial charge in [0.2, 0.25) is 0 Å². The van der Waals surface area contributed by atoms with Crippen LogP contribution < -0.4 is 5.32 Å². The quantitative estimate of drug-likeness (QED) is 0.319. The molecule has 0 aliphatic rings. The molecule has 0 amide bonds. The molecule has 28 heavy (non-hydrogen) atoms. The molecule has 0 radical (unpaired) electrons. The zero-order valence-corrected chi connectivity index (χ0v) is 15.0. The van der Waals surface area contributed by atoms with Crippen LogP contribution in [0.2, 0.25) is 0 Å². The molecule has 0 bridgehead atoms. The van der Waals surface area contributed by atoms with Crippen LogP contribution >= 0.6 is 11.3 Å². The Labute approximate surface area is 159 Å². The molecule has 2 aromatic rings. The second-order valence-electron chi connectivity index (χ2n) is 5.73. The monoisotopic (exact) mass is 425 g/mol. The van der Waals surface area contributed by atoms with Gasteiger partial charge >= 0.3 is 18.3 Å². The van der Waals surface area contributed by atoms with Gasteiger partial charge in [0.25, 0.3) is 5.78 Å². The minimum absolute atomic E-state index is 0.191. The molecule has 0 saturated heterocycles. The number of thiophene rings is 1. The molecule has 0 unspecified atom stereocenters. The number of hydrogen-bond donors (Lipinski definition) is 1. The van der Waals surface area contributed by atoms with Crippen molar-refractivity contribution < 1.29 is 40.7 Å². The van der Waals surface area contributed by atoms with Gasteiger partial charge in [0, 0.05) is 17.0 Å². The highest BCUT2D eigenvalue weighted by Crippen LogP contribution is 2.30. The maximum Gasteiger partial charge on any atom is 0.491 e. The SMILES string of the molecule is C[C@@](NCc1ccc(C(=O)C(F)(F)F)s1)(OC(=O)C(F)(F)F)c1ccccc1. The van der Waals surface area contributed by atoms with Crippen LogP contribution in [0.3, 0.4) is 0 Å². The molecule has 0 aliphatic heterocycles. The lowest BCUT2D eigenvalue weighted by molar-refractivity contribution is -0.217. The highest BCUT2D eigenvalue weighted by molar-refractivity contribution is 7.14. The Kier molecular flexibility index (Phi) is 6.19. The molecule has 1 heterocycles. The molecule has 1 N–H and O–H groups in total. The standard InChI is InChI=1S/C17H13F6NO3S/c1-15(10-5-3-2-4-6-10,27-14(26)17(21,22)23)24-9-11-7-8-12(28-11)13(25)16(18,19)20/h2-8,24H,9H2,1H3/t15-/m1/s1. The number of rotatable bonds is 6. The molecule has 0 saturated carbocycles. The fourth-order valence-electron chi connectivity index (χ4n) is 2.19. The van der Waals surface area contributed by atoms with Gasteiger partial charge in [-0.3, -0.25) is 10.1 Å². The Morgan fingerprint density at radius 3 is 2.11 bits per heavy atom. The highest BCUT2D eigenvalue weighted by atomic mass is 32.1. The maximum atomic E-state index is 12.6. The molecule has 4 nitrogen and oxygen atoms in total. The number of esters is 1. The van der Waals surface area contributed by atoms with Crippen molar-refractivity contribution in [2.75, 3.05) is 0 Å². The van der Waals surface area contributed by atoms with Gasteiger partial charge in [-0.15, -0.1) is 11.3 Å². The lowest BCUT2D eigenvalue weighted by Gasteiger charge is -2.31. The number of nitrogens with one attached hydrogen (secondary N) is 1. The fourth-order valence-corrected chi connectivity index (χ4v) is 3.09. The summed E-state index contributed by atoms with van der Waals surface area (Å²) < 4.78 is 79.9. The number of hydrogen-bond acceptors (Lipinski definition) is 5. The number of benzene rings is 1. The predicted molar refractivity (Wildman–Crippen MR) is 87.5 cm³/mol. The first-order valence-electron chi connectivity index (χ1n) is 7.64. The smallest absolute Gasteiger partial charge is 0.433 e. The number of Topliss-reactive ketones (excluding diaryl/α,β-unsaturated/α-hetero) is 1. The first-order valence-corrected chi connectivity index (χ1v) is 8.45. The van der Waals surface area contributed by atoms with E-state index in [1.54, 1.807) is 6.07 Å². The van der Waals surface area contributed by atoms with E-state index in [2.05, 4.69) is 10.1 Å². The fraction of sp³-hybridized carbons (Fsp3) is 0.294. The largest absolute Gasteiger partial charge is 0.491 e. The Balaban J connectivity index is 2.21. The first kappa shape index (κ1) is 21.9. The third-order valence-corrected chi connectivity index (χ3v) is 4.68. The van der Waals surface area contributed by atoms with Gasteiger partial charge in [-0.25, -0.2) is 4.79 Å². The van der Waals surface area contributed by atoms with Gasteiger partial charge in [-0.2, -0.15) is 26.3 Å². The van der Waals surface area contributed by atoms with Crippen molar-refractivity contribution in [3.63, 3.8) is 0 Å². The molecule has 1 aromatic heterocycles. The molecule has 152 valence electrons. The molecule has 0 spiro atoms. The second kappa shape index (κ2) is 7.92. The Bertz CT molecular complexity index is 847. The zero-order valence-electron chi connectivity index (χ0n) is 14.1. The number of alkyl halides is 6. The summed E-state index contributed by atoms with van der Waals surface area (Å²) >= 11 is 0.533. The molecule has 1 aromatic carbocycles. The molecule has 11 heteroatoms. The van der Waals surface area contributed by atoms with Crippen LogP contribution in [0.1, 0.15) is 27.0 Å². The summed E-state index contributed by atoms with van der Waals surface area (Å²) in [6.07, 6.45) is -10.3. The summed E-state index contributed by atoms with van der Waals surface area (Å²) in [4.78, 5) is 22.2. The predicted octanol–water partition coefficient (Wildman–Crippen LogP) is 4.56. The van der Waals surface area contributed by atoms with Crippen LogP contribution in [0.5, 0.6) is 0 Å². The summed E-state index contributed by atoms with van der Waals surface area (Å²) in [5, 5.41) is 2.60. The Morgan fingerprint density at radius 1 is 0.964 bits per heavy atom. The lowest BCUT2D eigenvalue weighted by atomic mass is 10.0. The Hall–Kier alpha value is -2.40. The summed E-state index contributed by atoms with van der Waals surface area (Å²) in [5.74, 6) is -4.44. The van der Waals surface area contributed by atoms with Crippen molar-refractivity contribution in [3.8, 4) is 0 Å². The van der Waals surface area contributed by atoms with Crippen molar-refractivity contribution in [2.45, 2.75) is 31.5 Å². The average molecular weight is 425 g/mol. The first-order chi connectivity index (χ1) is 12.8. The van der Waals surface area contributed by atoms with Gasteiger partial charge in [0.1, 0.15) is 0 Å². The van der Waals surface area contributed by atoms with Crippen LogP contribution in [0.25, 0.3) is 0 Å². The molecular weight excluding hydrogens is 412 g/mol. The van der Waals surface area contributed by atoms with E-state index in [1.165, 1.54) is 37.3 Å². The summed E-state index contributed by atoms with van der Waals surface area (Å²) in [7, 11) is 0. The minimum Gasteiger partial charge on any atom is -0.433 e. The zero-order chi connectivity index (χ0) is 21.2. The Morgan fingerprint density at radius 2 is 1.57 bits per heavy atom. The van der Waals surface area contributed by atoms with E-state index >= 15 is 0 Å². The topological polar surface area (TPSA) is 55.4 Å². The molecular formula is C17H13F6NO3S. The highest BCUT2D eigenvalue weighted by Gasteiger charge is 2.45. The van der Waals surface area contributed by atoms with E-state index in [0.717, 1.165) is 6.07 Å². The normalized spacial score (nSPS) is 14.4. The summed E-state index contributed by atoms with van der Waals surface area (Å²) in [6, 6.07) is 9.67. The van der Waals surface area contributed by atoms with Crippen LogP contribution in [-0.2, 0) is 21.8 Å². The number of carbonyl (C=O) groups excluding carboxylic acids is 2. The lowest BCUT2D eigenvalue weighted by Crippen LogP contribution is -2.46. The minimum atomic E-state index is -5.23. The van der Waals surface area contributed by atoms with E-state index in [4.69, 9.17) is 0 Å². The van der Waals surface area contributed by atoms with Gasteiger partial charge in [0.05, 0.1) is 4.88 Å².